The Morgan fingerprint density at radius 3 is 1.93 bits per heavy atom. The van der Waals surface area contributed by atoms with Crippen LogP contribution >= 0.6 is 0 Å². The van der Waals surface area contributed by atoms with E-state index >= 15 is 0 Å². The predicted molar refractivity (Wildman–Crippen MR) is 155 cm³/mol. The number of hydrogen-bond acceptors (Lipinski definition) is 9. The number of aliphatic hydroxyl groups is 1. The molecule has 0 bridgehead atoms. The summed E-state index contributed by atoms with van der Waals surface area (Å²) >= 11 is 0. The van der Waals surface area contributed by atoms with Gasteiger partial charge in [-0.3, -0.25) is 9.59 Å². The van der Waals surface area contributed by atoms with Crippen molar-refractivity contribution in [2.24, 2.45) is 0 Å². The van der Waals surface area contributed by atoms with Crippen LogP contribution in [-0.4, -0.2) is 66.6 Å². The second-order valence-corrected chi connectivity index (χ2v) is 10.2. The van der Waals surface area contributed by atoms with E-state index in [1.165, 1.54) is 7.11 Å². The minimum atomic E-state index is -1.05. The van der Waals surface area contributed by atoms with Crippen LogP contribution in [0.2, 0.25) is 0 Å². The Morgan fingerprint density at radius 2 is 1.35 bits per heavy atom. The predicted octanol–water partition coefficient (Wildman–Crippen LogP) is 4.27. The Morgan fingerprint density at radius 1 is 0.767 bits per heavy atom. The van der Waals surface area contributed by atoms with Gasteiger partial charge in [0.25, 0.3) is 0 Å². The molecule has 0 amide bonds. The molecule has 1 aliphatic heterocycles. The number of ether oxygens (including phenoxy) is 6. The van der Waals surface area contributed by atoms with Gasteiger partial charge in [0.2, 0.25) is 0 Å². The fourth-order valence-corrected chi connectivity index (χ4v) is 4.65. The molecule has 230 valence electrons. The smallest absolute Gasteiger partial charge is 0.311 e. The zero-order valence-corrected chi connectivity index (χ0v) is 24.1. The van der Waals surface area contributed by atoms with Crippen molar-refractivity contribution >= 4 is 11.9 Å². The maximum Gasteiger partial charge on any atom is 0.311 e. The van der Waals surface area contributed by atoms with Gasteiger partial charge in [-0.15, -0.1) is 0 Å². The van der Waals surface area contributed by atoms with Crippen LogP contribution in [0, 0.1) is 0 Å². The van der Waals surface area contributed by atoms with E-state index in [0.29, 0.717) is 5.75 Å². The summed E-state index contributed by atoms with van der Waals surface area (Å²) in [6, 6.07) is 26.1. The molecule has 4 rings (SSSR count). The highest BCUT2D eigenvalue weighted by Crippen LogP contribution is 2.28. The number of aliphatic hydroxyl groups excluding tert-OH is 1. The number of carboxylic acids is 1. The molecule has 10 heteroatoms. The van der Waals surface area contributed by atoms with Gasteiger partial charge in [-0.25, -0.2) is 0 Å². The molecule has 0 aromatic heterocycles. The first-order chi connectivity index (χ1) is 20.9. The van der Waals surface area contributed by atoms with E-state index in [1.807, 2.05) is 60.7 Å². The first-order valence-corrected chi connectivity index (χ1v) is 14.2. The van der Waals surface area contributed by atoms with Gasteiger partial charge < -0.3 is 38.6 Å². The lowest BCUT2D eigenvalue weighted by Crippen LogP contribution is -2.60. The van der Waals surface area contributed by atoms with Gasteiger partial charge in [0, 0.05) is 20.0 Å². The Kier molecular flexibility index (Phi) is 12.7. The highest BCUT2D eigenvalue weighted by atomic mass is 16.7. The van der Waals surface area contributed by atoms with Crippen molar-refractivity contribution in [3.63, 3.8) is 0 Å². The highest BCUT2D eigenvalue weighted by Gasteiger charge is 2.47. The second-order valence-electron chi connectivity index (χ2n) is 10.2. The molecule has 5 atom stereocenters. The largest absolute Gasteiger partial charge is 0.481 e. The number of benzene rings is 3. The summed E-state index contributed by atoms with van der Waals surface area (Å²) in [7, 11) is 1.50. The fourth-order valence-electron chi connectivity index (χ4n) is 4.65. The van der Waals surface area contributed by atoms with Crippen LogP contribution in [0.5, 0.6) is 5.75 Å². The molecule has 0 saturated carbocycles. The molecule has 3 aromatic rings. The van der Waals surface area contributed by atoms with Crippen molar-refractivity contribution in [1.82, 2.24) is 0 Å². The standard InChI is InChI=1S/C33H38O10/c1-38-33-32(41-21-24-11-6-3-7-12-24)30(37)31(40-20-23-9-4-2-5-10-23)27(43-33)22-39-19-25-15-17-26(18-16-25)42-29(36)14-8-13-28(34)35/h2-7,9-12,15-18,27,30-33,37H,8,13-14,19-22H2,1H3,(H,34,35)/t27-,30+,31+,32-,33-/m1/s1. The van der Waals surface area contributed by atoms with E-state index in [0.717, 1.165) is 16.7 Å². The Labute approximate surface area is 251 Å². The summed E-state index contributed by atoms with van der Waals surface area (Å²) in [4.78, 5) is 22.5. The van der Waals surface area contributed by atoms with Crippen molar-refractivity contribution in [1.29, 1.82) is 0 Å². The van der Waals surface area contributed by atoms with Crippen LogP contribution in [0.25, 0.3) is 0 Å². The van der Waals surface area contributed by atoms with Crippen molar-refractivity contribution in [2.45, 2.75) is 69.8 Å². The molecule has 0 radical (unpaired) electrons. The summed E-state index contributed by atoms with van der Waals surface area (Å²) < 4.78 is 35.3. The van der Waals surface area contributed by atoms with Crippen molar-refractivity contribution in [2.75, 3.05) is 13.7 Å². The molecule has 43 heavy (non-hydrogen) atoms. The normalized spacial score (nSPS) is 21.8. The molecular weight excluding hydrogens is 556 g/mol. The lowest BCUT2D eigenvalue weighted by molar-refractivity contribution is -0.315. The summed E-state index contributed by atoms with van der Waals surface area (Å²) in [5, 5.41) is 20.1. The van der Waals surface area contributed by atoms with Gasteiger partial charge in [-0.05, 0) is 35.2 Å². The number of esters is 1. The Hall–Kier alpha value is -3.64. The van der Waals surface area contributed by atoms with Gasteiger partial charge in [0.1, 0.15) is 30.2 Å². The van der Waals surface area contributed by atoms with Crippen LogP contribution in [0.1, 0.15) is 36.0 Å². The molecular formula is C33H38O10. The molecule has 0 unspecified atom stereocenters. The monoisotopic (exact) mass is 594 g/mol. The molecule has 1 aliphatic rings. The van der Waals surface area contributed by atoms with Gasteiger partial charge in [0.05, 0.1) is 26.4 Å². The lowest BCUT2D eigenvalue weighted by atomic mass is 9.98. The number of carboxylic acid groups (broad SMARTS) is 1. The quantitative estimate of drug-likeness (QED) is 0.183. The van der Waals surface area contributed by atoms with E-state index in [9.17, 15) is 14.7 Å². The van der Waals surface area contributed by atoms with Crippen LogP contribution in [0.3, 0.4) is 0 Å². The van der Waals surface area contributed by atoms with E-state index in [-0.39, 0.29) is 45.7 Å². The molecule has 1 fully saturated rings. The maximum absolute atomic E-state index is 11.9. The first kappa shape index (κ1) is 32.3. The fraction of sp³-hybridized carbons (Fsp3) is 0.394. The number of carbonyl (C=O) groups is 2. The molecule has 3 aromatic carbocycles. The summed E-state index contributed by atoms with van der Waals surface area (Å²) in [6.45, 7) is 0.885. The minimum absolute atomic E-state index is 0.0263. The summed E-state index contributed by atoms with van der Waals surface area (Å²) in [5.41, 5.74) is 2.74. The van der Waals surface area contributed by atoms with Crippen molar-refractivity contribution < 1.29 is 48.2 Å². The average molecular weight is 595 g/mol. The van der Waals surface area contributed by atoms with E-state index in [2.05, 4.69) is 0 Å². The summed E-state index contributed by atoms with van der Waals surface area (Å²) in [6.07, 6.45) is -3.92. The number of aliphatic carboxylic acids is 1. The zero-order valence-electron chi connectivity index (χ0n) is 24.1. The molecule has 2 N–H and O–H groups in total. The third kappa shape index (κ3) is 10.2. The summed E-state index contributed by atoms with van der Waals surface area (Å²) in [5.74, 6) is -1.08. The highest BCUT2D eigenvalue weighted by molar-refractivity contribution is 5.73. The van der Waals surface area contributed by atoms with E-state index in [1.54, 1.807) is 24.3 Å². The van der Waals surface area contributed by atoms with E-state index in [4.69, 9.17) is 33.5 Å². The Bertz CT molecular complexity index is 1250. The lowest BCUT2D eigenvalue weighted by Gasteiger charge is -2.43. The van der Waals surface area contributed by atoms with Crippen LogP contribution in [0.4, 0.5) is 0 Å². The minimum Gasteiger partial charge on any atom is -0.481 e. The van der Waals surface area contributed by atoms with Gasteiger partial charge in [-0.2, -0.15) is 0 Å². The van der Waals surface area contributed by atoms with Crippen LogP contribution in [-0.2, 0) is 53.1 Å². The number of methoxy groups -OCH3 is 1. The molecule has 0 aliphatic carbocycles. The van der Waals surface area contributed by atoms with E-state index < -0.39 is 42.6 Å². The number of hydrogen-bond donors (Lipinski definition) is 2. The zero-order chi connectivity index (χ0) is 30.4. The molecule has 1 heterocycles. The maximum atomic E-state index is 11.9. The van der Waals surface area contributed by atoms with Crippen LogP contribution < -0.4 is 4.74 Å². The SMILES string of the molecule is CO[C@@H]1O[C@H](COCc2ccc(OC(=O)CCCC(=O)O)cc2)[C@H](OCc2ccccc2)[C@H](O)[C@H]1OCc1ccccc1. The second kappa shape index (κ2) is 16.9. The average Bonchev–Trinajstić information content (AvgIpc) is 3.01. The first-order valence-electron chi connectivity index (χ1n) is 14.2. The van der Waals surface area contributed by atoms with Crippen molar-refractivity contribution in [3.05, 3.63) is 102 Å². The third-order valence-electron chi connectivity index (χ3n) is 6.90. The number of carbonyl (C=O) groups excluding carboxylic acids is 1. The van der Waals surface area contributed by atoms with Gasteiger partial charge >= 0.3 is 11.9 Å². The molecule has 1 saturated heterocycles. The van der Waals surface area contributed by atoms with Gasteiger partial charge in [-0.1, -0.05) is 72.8 Å². The van der Waals surface area contributed by atoms with Crippen LogP contribution in [0.15, 0.2) is 84.9 Å². The number of rotatable bonds is 16. The third-order valence-corrected chi connectivity index (χ3v) is 6.90. The molecule has 10 nitrogen and oxygen atoms in total. The van der Waals surface area contributed by atoms with Gasteiger partial charge in [0.15, 0.2) is 6.29 Å². The topological polar surface area (TPSA) is 130 Å². The molecule has 0 spiro atoms. The Balaban J connectivity index is 1.34. The van der Waals surface area contributed by atoms with Crippen molar-refractivity contribution in [3.8, 4) is 5.75 Å².